The van der Waals surface area contributed by atoms with E-state index < -0.39 is 0 Å². The van der Waals surface area contributed by atoms with Gasteiger partial charge in [-0.25, -0.2) is 4.39 Å². The van der Waals surface area contributed by atoms with E-state index in [0.29, 0.717) is 5.92 Å². The van der Waals surface area contributed by atoms with Crippen LogP contribution in [0.15, 0.2) is 18.2 Å². The second-order valence-corrected chi connectivity index (χ2v) is 4.56. The maximum Gasteiger partial charge on any atom is 0.132 e. The van der Waals surface area contributed by atoms with E-state index in [1.807, 2.05) is 12.1 Å². The van der Waals surface area contributed by atoms with Gasteiger partial charge in [-0.3, -0.25) is 0 Å². The molecule has 0 aliphatic carbocycles. The monoisotopic (exact) mass is 223 g/mol. The summed E-state index contributed by atoms with van der Waals surface area (Å²) in [6.45, 7) is 5.46. The molecule has 1 heterocycles. The first-order valence-corrected chi connectivity index (χ1v) is 6.04. The van der Waals surface area contributed by atoms with Gasteiger partial charge in [-0.2, -0.15) is 0 Å². The standard InChI is InChI=1S/C13H19FN2/c1-2-16-7-5-10(6-8-16)12-4-3-11(15)9-13(12)14/h3-4,9-10H,2,5-8,15H2,1H3/p+1. The number of quaternary nitrogens is 1. The van der Waals surface area contributed by atoms with Crippen LogP contribution in [-0.2, 0) is 0 Å². The molecule has 3 N–H and O–H groups in total. The quantitative estimate of drug-likeness (QED) is 0.815. The average Bonchev–Trinajstić information content (AvgIpc) is 2.29. The summed E-state index contributed by atoms with van der Waals surface area (Å²) >= 11 is 0. The van der Waals surface area contributed by atoms with Crippen molar-refractivity contribution in [1.29, 1.82) is 0 Å². The summed E-state index contributed by atoms with van der Waals surface area (Å²) in [5.41, 5.74) is 5.38. The van der Waals surface area contributed by atoms with Gasteiger partial charge in [-0.1, -0.05) is 6.92 Å². The summed E-state index contributed by atoms with van der Waals surface area (Å²) in [5.74, 6) is 0.311. The van der Waals surface area contributed by atoms with Gasteiger partial charge in [0.15, 0.2) is 0 Å². The highest BCUT2D eigenvalue weighted by Gasteiger charge is 2.22. The Morgan fingerprint density at radius 1 is 1.38 bits per heavy atom. The van der Waals surface area contributed by atoms with Crippen molar-refractivity contribution in [3.63, 3.8) is 0 Å². The number of likely N-dealkylation sites (tertiary alicyclic amines) is 1. The van der Waals surface area contributed by atoms with Gasteiger partial charge in [0.05, 0.1) is 0 Å². The van der Waals surface area contributed by atoms with Crippen LogP contribution in [0.5, 0.6) is 0 Å². The van der Waals surface area contributed by atoms with E-state index in [1.54, 1.807) is 6.07 Å². The molecule has 0 amide bonds. The van der Waals surface area contributed by atoms with Crippen LogP contribution in [0.1, 0.15) is 31.2 Å². The van der Waals surface area contributed by atoms with E-state index in [2.05, 4.69) is 17.6 Å². The molecular weight excluding hydrogens is 203 g/mol. The normalized spacial score (nSPS) is 18.9. The highest BCUT2D eigenvalue weighted by atomic mass is 19.1. The third-order valence-corrected chi connectivity index (χ3v) is 3.54. The molecule has 0 bridgehead atoms. The zero-order valence-electron chi connectivity index (χ0n) is 9.88. The van der Waals surface area contributed by atoms with Gasteiger partial charge in [0.1, 0.15) is 11.5 Å². The Hall–Kier alpha value is -0.930. The average molecular weight is 223 g/mol. The van der Waals surface area contributed by atoms with Crippen molar-refractivity contribution in [2.75, 3.05) is 19.6 Å². The molecule has 0 spiro atoms. The van der Waals surface area contributed by atoms with Gasteiger partial charge < -0.3 is 10.6 Å². The number of hydrogen-bond acceptors (Lipinski definition) is 1. The lowest BCUT2D eigenvalue weighted by molar-refractivity contribution is -0.255. The van der Waals surface area contributed by atoms with E-state index in [0.717, 1.165) is 43.7 Å². The molecule has 2 nitrogen and oxygen atoms in total. The molecule has 2 rings (SSSR count). The van der Waals surface area contributed by atoms with E-state index in [-0.39, 0.29) is 5.82 Å². The summed E-state index contributed by atoms with van der Waals surface area (Å²) in [6, 6.07) is 5.36. The van der Waals surface area contributed by atoms with Gasteiger partial charge in [0.25, 0.3) is 0 Å². The number of rotatable bonds is 2. The molecular formula is C13H20FN2+. The lowest BCUT2D eigenvalue weighted by Crippen LogP contribution is -2.40. The van der Waals surface area contributed by atoms with Gasteiger partial charge in [-0.15, -0.1) is 0 Å². The molecule has 16 heavy (non-hydrogen) atoms. The first-order chi connectivity index (χ1) is 7.70. The first-order valence-electron chi connectivity index (χ1n) is 6.04. The molecule has 0 saturated carbocycles. The highest BCUT2D eigenvalue weighted by Crippen LogP contribution is 2.30. The largest absolute Gasteiger partial charge is 0.325 e. The van der Waals surface area contributed by atoms with Gasteiger partial charge in [-0.05, 0) is 56.1 Å². The lowest BCUT2D eigenvalue weighted by atomic mass is 9.89. The molecule has 1 aliphatic rings. The third-order valence-electron chi connectivity index (χ3n) is 3.54. The SMILES string of the molecule is CCN1CCC(c2ccc([NH3+])cc2F)CC1. The Morgan fingerprint density at radius 3 is 2.62 bits per heavy atom. The van der Waals surface area contributed by atoms with E-state index in [9.17, 15) is 4.39 Å². The van der Waals surface area contributed by atoms with E-state index in [1.165, 1.54) is 0 Å². The second-order valence-electron chi connectivity index (χ2n) is 4.56. The second kappa shape index (κ2) is 4.93. The molecule has 1 aliphatic heterocycles. The lowest BCUT2D eigenvalue weighted by Gasteiger charge is -2.31. The Kier molecular flexibility index (Phi) is 3.56. The smallest absolute Gasteiger partial charge is 0.132 e. The number of hydrogen-bond donors (Lipinski definition) is 1. The molecule has 88 valence electrons. The van der Waals surface area contributed by atoms with Crippen LogP contribution in [0.25, 0.3) is 0 Å². The van der Waals surface area contributed by atoms with Crippen LogP contribution in [0.3, 0.4) is 0 Å². The predicted molar refractivity (Wildman–Crippen MR) is 63.0 cm³/mol. The van der Waals surface area contributed by atoms with Gasteiger partial charge in [0.2, 0.25) is 0 Å². The van der Waals surface area contributed by atoms with Crippen molar-refractivity contribution >= 4 is 5.69 Å². The molecule has 3 heteroatoms. The summed E-state index contributed by atoms with van der Waals surface area (Å²) < 4.78 is 13.8. The van der Waals surface area contributed by atoms with Gasteiger partial charge >= 0.3 is 0 Å². The number of piperidine rings is 1. The van der Waals surface area contributed by atoms with E-state index >= 15 is 0 Å². The van der Waals surface area contributed by atoms with Crippen LogP contribution in [0, 0.1) is 5.82 Å². The van der Waals surface area contributed by atoms with Crippen LogP contribution in [0.2, 0.25) is 0 Å². The molecule has 0 unspecified atom stereocenters. The molecule has 1 aromatic carbocycles. The topological polar surface area (TPSA) is 30.9 Å². The molecule has 1 fully saturated rings. The van der Waals surface area contributed by atoms with Crippen molar-refractivity contribution in [2.45, 2.75) is 25.7 Å². The zero-order chi connectivity index (χ0) is 11.5. The number of benzene rings is 1. The van der Waals surface area contributed by atoms with Crippen LogP contribution in [0.4, 0.5) is 10.1 Å². The Morgan fingerprint density at radius 2 is 2.06 bits per heavy atom. The summed E-state index contributed by atoms with van der Waals surface area (Å²) in [6.07, 6.45) is 2.14. The first kappa shape index (κ1) is 11.6. The summed E-state index contributed by atoms with van der Waals surface area (Å²) in [5, 5.41) is 0. The van der Waals surface area contributed by atoms with Crippen LogP contribution in [-0.4, -0.2) is 24.5 Å². The van der Waals surface area contributed by atoms with Crippen LogP contribution >= 0.6 is 0 Å². The van der Waals surface area contributed by atoms with Crippen LogP contribution < -0.4 is 5.73 Å². The third kappa shape index (κ3) is 2.42. The predicted octanol–water partition coefficient (Wildman–Crippen LogP) is 1.90. The van der Waals surface area contributed by atoms with Crippen molar-refractivity contribution in [3.05, 3.63) is 29.6 Å². The van der Waals surface area contributed by atoms with Crippen molar-refractivity contribution in [2.24, 2.45) is 0 Å². The number of halogens is 1. The van der Waals surface area contributed by atoms with E-state index in [4.69, 9.17) is 0 Å². The molecule has 0 atom stereocenters. The fraction of sp³-hybridized carbons (Fsp3) is 0.538. The van der Waals surface area contributed by atoms with Gasteiger partial charge in [0, 0.05) is 6.07 Å². The molecule has 0 radical (unpaired) electrons. The Bertz CT molecular complexity index is 357. The van der Waals surface area contributed by atoms with Crippen molar-refractivity contribution in [3.8, 4) is 0 Å². The molecule has 0 aromatic heterocycles. The summed E-state index contributed by atoms with van der Waals surface area (Å²) in [7, 11) is 0. The fourth-order valence-electron chi connectivity index (χ4n) is 2.46. The molecule has 1 aromatic rings. The van der Waals surface area contributed by atoms with Crippen molar-refractivity contribution in [1.82, 2.24) is 4.90 Å². The number of nitrogens with zero attached hydrogens (tertiary/aromatic N) is 1. The maximum atomic E-state index is 13.8. The minimum absolute atomic E-state index is 0.0811. The highest BCUT2D eigenvalue weighted by molar-refractivity contribution is 5.34. The Balaban J connectivity index is 2.08. The fourth-order valence-corrected chi connectivity index (χ4v) is 2.46. The molecule has 1 saturated heterocycles. The van der Waals surface area contributed by atoms with Crippen molar-refractivity contribution < 1.29 is 10.1 Å². The summed E-state index contributed by atoms with van der Waals surface area (Å²) in [4.78, 5) is 2.42. The minimum Gasteiger partial charge on any atom is -0.325 e. The minimum atomic E-state index is -0.0811. The Labute approximate surface area is 96.2 Å². The zero-order valence-corrected chi connectivity index (χ0v) is 9.88. The maximum absolute atomic E-state index is 13.8.